The molecule has 0 bridgehead atoms. The van der Waals surface area contributed by atoms with Gasteiger partial charge in [0.05, 0.1) is 5.56 Å². The monoisotopic (exact) mass is 302 g/mol. The van der Waals surface area contributed by atoms with E-state index in [9.17, 15) is 0 Å². The minimum absolute atomic E-state index is 0.489. The fraction of sp³-hybridized carbons (Fsp3) is 0.688. The van der Waals surface area contributed by atoms with Crippen molar-refractivity contribution in [3.63, 3.8) is 0 Å². The van der Waals surface area contributed by atoms with Crippen LogP contribution in [0.25, 0.3) is 0 Å². The van der Waals surface area contributed by atoms with E-state index in [4.69, 9.17) is 5.41 Å². The van der Waals surface area contributed by atoms with Gasteiger partial charge in [-0.25, -0.2) is 9.97 Å². The number of piperazine rings is 1. The van der Waals surface area contributed by atoms with Crippen molar-refractivity contribution in [1.29, 1.82) is 5.41 Å². The van der Waals surface area contributed by atoms with Crippen LogP contribution >= 0.6 is 0 Å². The summed E-state index contributed by atoms with van der Waals surface area (Å²) in [6.07, 6.45) is 9.34. The topological polar surface area (TPSA) is 68.1 Å². The van der Waals surface area contributed by atoms with Crippen LogP contribution < -0.4 is 10.2 Å². The molecule has 1 aliphatic carbocycles. The molecular weight excluding hydrogens is 276 g/mol. The third kappa shape index (κ3) is 3.38. The molecule has 1 saturated heterocycles. The second-order valence-electron chi connectivity index (χ2n) is 6.37. The van der Waals surface area contributed by atoms with Gasteiger partial charge in [-0.05, 0) is 19.9 Å². The maximum absolute atomic E-state index is 7.82. The number of likely N-dealkylation sites (N-methyl/N-ethyl adjacent to an activating group) is 1. The number of rotatable bonds is 4. The highest BCUT2D eigenvalue weighted by Gasteiger charge is 2.21. The zero-order valence-corrected chi connectivity index (χ0v) is 13.4. The quantitative estimate of drug-likeness (QED) is 0.832. The van der Waals surface area contributed by atoms with Crippen LogP contribution in [0.4, 0.5) is 11.6 Å². The molecule has 0 atom stereocenters. The summed E-state index contributed by atoms with van der Waals surface area (Å²) in [5.74, 6) is 1.72. The van der Waals surface area contributed by atoms with Crippen molar-refractivity contribution in [2.75, 3.05) is 43.4 Å². The lowest BCUT2D eigenvalue weighted by Crippen LogP contribution is -2.45. The molecule has 2 aliphatic rings. The lowest BCUT2D eigenvalue weighted by Gasteiger charge is -2.34. The molecule has 0 amide bonds. The second-order valence-corrected chi connectivity index (χ2v) is 6.37. The zero-order valence-electron chi connectivity index (χ0n) is 13.4. The minimum Gasteiger partial charge on any atom is -0.367 e. The SMILES string of the molecule is CN1CCN(c2ncnc(NC3CCCCC3)c2C=N)CC1. The average molecular weight is 302 g/mol. The van der Waals surface area contributed by atoms with Crippen LogP contribution in [0.5, 0.6) is 0 Å². The van der Waals surface area contributed by atoms with E-state index < -0.39 is 0 Å². The highest BCUT2D eigenvalue weighted by atomic mass is 15.3. The fourth-order valence-corrected chi connectivity index (χ4v) is 3.34. The Kier molecular flexibility index (Phi) is 4.87. The van der Waals surface area contributed by atoms with Gasteiger partial charge in [0.25, 0.3) is 0 Å². The summed E-state index contributed by atoms with van der Waals surface area (Å²) in [5, 5.41) is 11.4. The van der Waals surface area contributed by atoms with E-state index in [0.29, 0.717) is 6.04 Å². The summed E-state index contributed by atoms with van der Waals surface area (Å²) in [6, 6.07) is 0.489. The van der Waals surface area contributed by atoms with Gasteiger partial charge in [0, 0.05) is 38.4 Å². The predicted octanol–water partition coefficient (Wildman–Crippen LogP) is 1.97. The zero-order chi connectivity index (χ0) is 15.4. The van der Waals surface area contributed by atoms with E-state index in [0.717, 1.165) is 43.4 Å². The first-order valence-electron chi connectivity index (χ1n) is 8.33. The molecule has 120 valence electrons. The molecular formula is C16H26N6. The molecule has 0 unspecified atom stereocenters. The summed E-state index contributed by atoms with van der Waals surface area (Å²) in [7, 11) is 2.14. The molecule has 1 saturated carbocycles. The van der Waals surface area contributed by atoms with Gasteiger partial charge < -0.3 is 20.5 Å². The molecule has 0 radical (unpaired) electrons. The molecule has 1 aliphatic heterocycles. The van der Waals surface area contributed by atoms with E-state index in [1.54, 1.807) is 6.33 Å². The first-order chi connectivity index (χ1) is 10.8. The molecule has 0 aromatic carbocycles. The van der Waals surface area contributed by atoms with Crippen molar-refractivity contribution >= 4 is 17.9 Å². The van der Waals surface area contributed by atoms with Crippen molar-refractivity contribution < 1.29 is 0 Å². The van der Waals surface area contributed by atoms with Gasteiger partial charge in [-0.1, -0.05) is 19.3 Å². The lowest BCUT2D eigenvalue weighted by atomic mass is 9.95. The van der Waals surface area contributed by atoms with Gasteiger partial charge in [-0.3, -0.25) is 0 Å². The first kappa shape index (κ1) is 15.2. The average Bonchev–Trinajstić information content (AvgIpc) is 2.56. The van der Waals surface area contributed by atoms with Crippen molar-refractivity contribution in [1.82, 2.24) is 14.9 Å². The van der Waals surface area contributed by atoms with Crippen molar-refractivity contribution in [2.24, 2.45) is 0 Å². The Morgan fingerprint density at radius 3 is 2.55 bits per heavy atom. The maximum Gasteiger partial charge on any atom is 0.143 e. The van der Waals surface area contributed by atoms with Gasteiger partial charge in [-0.2, -0.15) is 0 Å². The number of nitrogens with one attached hydrogen (secondary N) is 2. The lowest BCUT2D eigenvalue weighted by molar-refractivity contribution is 0.312. The van der Waals surface area contributed by atoms with Gasteiger partial charge in [0.2, 0.25) is 0 Å². The summed E-state index contributed by atoms with van der Waals surface area (Å²) >= 11 is 0. The van der Waals surface area contributed by atoms with Crippen LogP contribution in [0, 0.1) is 5.41 Å². The molecule has 2 N–H and O–H groups in total. The summed E-state index contributed by atoms with van der Waals surface area (Å²) in [4.78, 5) is 13.5. The maximum atomic E-state index is 7.82. The number of anilines is 2. The molecule has 0 spiro atoms. The van der Waals surface area contributed by atoms with Crippen LogP contribution in [0.3, 0.4) is 0 Å². The van der Waals surface area contributed by atoms with E-state index >= 15 is 0 Å². The Bertz CT molecular complexity index is 503. The summed E-state index contributed by atoms with van der Waals surface area (Å²) in [5.41, 5.74) is 0.831. The van der Waals surface area contributed by atoms with Gasteiger partial charge >= 0.3 is 0 Å². The van der Waals surface area contributed by atoms with Crippen LogP contribution in [0.1, 0.15) is 37.7 Å². The number of nitrogens with zero attached hydrogens (tertiary/aromatic N) is 4. The summed E-state index contributed by atoms with van der Waals surface area (Å²) in [6.45, 7) is 3.98. The third-order valence-corrected chi connectivity index (χ3v) is 4.76. The number of hydrogen-bond donors (Lipinski definition) is 2. The van der Waals surface area contributed by atoms with E-state index in [-0.39, 0.29) is 0 Å². The number of hydrogen-bond acceptors (Lipinski definition) is 6. The molecule has 2 fully saturated rings. The van der Waals surface area contributed by atoms with Gasteiger partial charge in [0.15, 0.2) is 0 Å². The highest BCUT2D eigenvalue weighted by molar-refractivity contribution is 5.91. The van der Waals surface area contributed by atoms with Crippen molar-refractivity contribution in [3.8, 4) is 0 Å². The predicted molar refractivity (Wildman–Crippen MR) is 90.1 cm³/mol. The molecule has 6 nitrogen and oxygen atoms in total. The van der Waals surface area contributed by atoms with Crippen LogP contribution in [0.15, 0.2) is 6.33 Å². The van der Waals surface area contributed by atoms with Gasteiger partial charge in [0.1, 0.15) is 18.0 Å². The van der Waals surface area contributed by atoms with Gasteiger partial charge in [-0.15, -0.1) is 0 Å². The first-order valence-corrected chi connectivity index (χ1v) is 8.33. The normalized spacial score (nSPS) is 20.9. The van der Waals surface area contributed by atoms with E-state index in [2.05, 4.69) is 32.1 Å². The van der Waals surface area contributed by atoms with E-state index in [1.165, 1.54) is 38.3 Å². The van der Waals surface area contributed by atoms with Crippen LogP contribution in [0.2, 0.25) is 0 Å². The largest absolute Gasteiger partial charge is 0.367 e. The molecule has 3 rings (SSSR count). The van der Waals surface area contributed by atoms with Crippen molar-refractivity contribution in [3.05, 3.63) is 11.9 Å². The highest BCUT2D eigenvalue weighted by Crippen LogP contribution is 2.26. The Hall–Kier alpha value is -1.69. The fourth-order valence-electron chi connectivity index (χ4n) is 3.34. The minimum atomic E-state index is 0.489. The van der Waals surface area contributed by atoms with Crippen LogP contribution in [-0.2, 0) is 0 Å². The smallest absolute Gasteiger partial charge is 0.143 e. The second kappa shape index (κ2) is 7.05. The standard InChI is InChI=1S/C16H26N6/c1-21-7-9-22(10-8-21)16-14(11-17)15(18-12-19-16)20-13-5-3-2-4-6-13/h11-13,17H,2-10H2,1H3,(H,18,19,20). The third-order valence-electron chi connectivity index (χ3n) is 4.76. The van der Waals surface area contributed by atoms with Crippen molar-refractivity contribution in [2.45, 2.75) is 38.1 Å². The molecule has 6 heteroatoms. The van der Waals surface area contributed by atoms with Crippen LogP contribution in [-0.4, -0.2) is 60.4 Å². The Balaban J connectivity index is 1.78. The molecule has 1 aromatic rings. The Labute approximate surface area is 132 Å². The Morgan fingerprint density at radius 2 is 1.86 bits per heavy atom. The molecule has 2 heterocycles. The number of aromatic nitrogens is 2. The Morgan fingerprint density at radius 1 is 1.14 bits per heavy atom. The summed E-state index contributed by atoms with van der Waals surface area (Å²) < 4.78 is 0. The molecule has 22 heavy (non-hydrogen) atoms. The molecule has 1 aromatic heterocycles. The van der Waals surface area contributed by atoms with E-state index in [1.807, 2.05) is 0 Å².